The first-order valence-electron chi connectivity index (χ1n) is 5.53. The molecule has 0 bridgehead atoms. The van der Waals surface area contributed by atoms with Gasteiger partial charge in [0.1, 0.15) is 0 Å². The van der Waals surface area contributed by atoms with Gasteiger partial charge in [-0.1, -0.05) is 45.4 Å². The van der Waals surface area contributed by atoms with Crippen molar-refractivity contribution in [3.8, 4) is 0 Å². The summed E-state index contributed by atoms with van der Waals surface area (Å²) in [6.45, 7) is 7.86. The number of aliphatic imine (C=N–C) groups is 1. The Bertz CT molecular complexity index is 145. The highest BCUT2D eigenvalue weighted by Gasteiger charge is 1.97. The summed E-state index contributed by atoms with van der Waals surface area (Å²) in [5.41, 5.74) is 0. The smallest absolute Gasteiger partial charge is 0.0565 e. The van der Waals surface area contributed by atoms with Crippen LogP contribution in [-0.4, -0.2) is 11.9 Å². The minimum Gasteiger partial charge on any atom is -0.241 e. The molecule has 13 heavy (non-hydrogen) atoms. The summed E-state index contributed by atoms with van der Waals surface area (Å²) in [5.74, 6) is 2.60. The van der Waals surface area contributed by atoms with Crippen LogP contribution in [0.1, 0.15) is 58.8 Å². The van der Waals surface area contributed by atoms with Crippen LogP contribution in [0.2, 0.25) is 0 Å². The molecule has 0 rings (SSSR count). The molecule has 1 unspecified atom stereocenters. The van der Waals surface area contributed by atoms with Gasteiger partial charge in [-0.2, -0.15) is 0 Å². The Morgan fingerprint density at radius 1 is 1.15 bits per heavy atom. The maximum atomic E-state index is 4.10. The van der Waals surface area contributed by atoms with Crippen molar-refractivity contribution in [2.75, 3.05) is 0 Å². The summed E-state index contributed by atoms with van der Waals surface area (Å²) in [4.78, 5) is 4.10. The molecule has 0 radical (unpaired) electrons. The third-order valence-corrected chi connectivity index (χ3v) is 2.29. The maximum absolute atomic E-state index is 4.10. The molecule has 0 saturated heterocycles. The summed E-state index contributed by atoms with van der Waals surface area (Å²) < 4.78 is 0. The predicted octanol–water partition coefficient (Wildman–Crippen LogP) is 3.98. The van der Waals surface area contributed by atoms with E-state index in [9.17, 15) is 0 Å². The molecule has 0 fully saturated rings. The van der Waals surface area contributed by atoms with Crippen LogP contribution in [0.5, 0.6) is 0 Å². The molecular formula is C12H23N. The lowest BCUT2D eigenvalue weighted by Gasteiger charge is -2.03. The summed E-state index contributed by atoms with van der Waals surface area (Å²) in [6, 6.07) is 0.420. The van der Waals surface area contributed by atoms with Crippen molar-refractivity contribution in [3.63, 3.8) is 0 Å². The number of unbranched alkanes of at least 4 members (excludes halogenated alkanes) is 5. The Balaban J connectivity index is 3.11. The second kappa shape index (κ2) is 9.54. The quantitative estimate of drug-likeness (QED) is 0.397. The van der Waals surface area contributed by atoms with E-state index >= 15 is 0 Å². The minimum atomic E-state index is 0.420. The second-order valence-corrected chi connectivity index (χ2v) is 3.69. The van der Waals surface area contributed by atoms with Crippen LogP contribution in [0.4, 0.5) is 0 Å². The van der Waals surface area contributed by atoms with E-state index in [2.05, 4.69) is 31.3 Å². The zero-order valence-electron chi connectivity index (χ0n) is 9.18. The molecule has 0 aromatic carbocycles. The van der Waals surface area contributed by atoms with Crippen molar-refractivity contribution in [1.29, 1.82) is 0 Å². The number of rotatable bonds is 8. The third kappa shape index (κ3) is 9.36. The van der Waals surface area contributed by atoms with E-state index in [1.165, 1.54) is 44.9 Å². The Morgan fingerprint density at radius 2 is 1.77 bits per heavy atom. The van der Waals surface area contributed by atoms with Crippen LogP contribution in [0.15, 0.2) is 11.6 Å². The van der Waals surface area contributed by atoms with Crippen LogP contribution in [0, 0.1) is 0 Å². The molecule has 1 nitrogen and oxygen atoms in total. The van der Waals surface area contributed by atoms with E-state index in [1.54, 1.807) is 0 Å². The highest BCUT2D eigenvalue weighted by molar-refractivity contribution is 5.46. The second-order valence-electron chi connectivity index (χ2n) is 3.69. The van der Waals surface area contributed by atoms with E-state index in [1.807, 2.05) is 0 Å². The largest absolute Gasteiger partial charge is 0.241 e. The molecule has 0 spiro atoms. The minimum absolute atomic E-state index is 0.420. The van der Waals surface area contributed by atoms with Gasteiger partial charge in [0.25, 0.3) is 0 Å². The molecule has 0 aliphatic rings. The number of nitrogens with zero attached hydrogens (tertiary/aromatic N) is 1. The fraction of sp³-hybridized carbons (Fsp3) is 0.833. The molecule has 0 aromatic rings. The zero-order chi connectivity index (χ0) is 9.94. The monoisotopic (exact) mass is 181 g/mol. The molecule has 0 aliphatic heterocycles. The van der Waals surface area contributed by atoms with Gasteiger partial charge in [-0.3, -0.25) is 0 Å². The standard InChI is InChI=1S/C12H23N/c1-4-6-7-8-9-10-11-12(3)13-5-2/h12H,2,4,6-11H2,1,3H3. The van der Waals surface area contributed by atoms with Crippen molar-refractivity contribution in [2.24, 2.45) is 4.99 Å². The van der Waals surface area contributed by atoms with Gasteiger partial charge in [0.15, 0.2) is 0 Å². The first-order valence-corrected chi connectivity index (χ1v) is 5.53. The molecule has 76 valence electrons. The lowest BCUT2D eigenvalue weighted by Crippen LogP contribution is -1.96. The first-order chi connectivity index (χ1) is 6.31. The van der Waals surface area contributed by atoms with Crippen LogP contribution in [0.3, 0.4) is 0 Å². The van der Waals surface area contributed by atoms with Gasteiger partial charge in [0.2, 0.25) is 0 Å². The Hall–Kier alpha value is -0.550. The highest BCUT2D eigenvalue weighted by atomic mass is 14.7. The zero-order valence-corrected chi connectivity index (χ0v) is 9.18. The lowest BCUT2D eigenvalue weighted by atomic mass is 10.1. The van der Waals surface area contributed by atoms with Crippen LogP contribution >= 0.6 is 0 Å². The Morgan fingerprint density at radius 3 is 2.38 bits per heavy atom. The lowest BCUT2D eigenvalue weighted by molar-refractivity contribution is 0.556. The fourth-order valence-corrected chi connectivity index (χ4v) is 1.44. The molecular weight excluding hydrogens is 158 g/mol. The number of hydrogen-bond donors (Lipinski definition) is 0. The molecule has 0 heterocycles. The molecule has 0 N–H and O–H groups in total. The molecule has 0 saturated carbocycles. The topological polar surface area (TPSA) is 12.4 Å². The van der Waals surface area contributed by atoms with Crippen LogP contribution in [-0.2, 0) is 0 Å². The number of hydrogen-bond acceptors (Lipinski definition) is 1. The highest BCUT2D eigenvalue weighted by Crippen LogP contribution is 2.09. The van der Waals surface area contributed by atoms with Crippen molar-refractivity contribution in [2.45, 2.75) is 64.8 Å². The summed E-state index contributed by atoms with van der Waals surface area (Å²) in [5, 5.41) is 0. The summed E-state index contributed by atoms with van der Waals surface area (Å²) in [7, 11) is 0. The molecule has 0 aromatic heterocycles. The van der Waals surface area contributed by atoms with Gasteiger partial charge < -0.3 is 0 Å². The maximum Gasteiger partial charge on any atom is 0.0565 e. The van der Waals surface area contributed by atoms with E-state index in [0.717, 1.165) is 0 Å². The van der Waals surface area contributed by atoms with Gasteiger partial charge >= 0.3 is 0 Å². The molecule has 0 amide bonds. The molecule has 0 aliphatic carbocycles. The SMILES string of the molecule is C=C=NC(C)CCCCCCCC. The van der Waals surface area contributed by atoms with Crippen molar-refractivity contribution in [1.82, 2.24) is 0 Å². The first kappa shape index (κ1) is 12.4. The third-order valence-electron chi connectivity index (χ3n) is 2.29. The van der Waals surface area contributed by atoms with Gasteiger partial charge in [-0.15, -0.1) is 0 Å². The average Bonchev–Trinajstić information content (AvgIpc) is 2.11. The Kier molecular flexibility index (Phi) is 9.13. The summed E-state index contributed by atoms with van der Waals surface area (Å²) in [6.07, 6.45) is 9.35. The molecule has 1 heteroatoms. The van der Waals surface area contributed by atoms with Gasteiger partial charge in [-0.05, 0) is 25.8 Å². The average molecular weight is 181 g/mol. The van der Waals surface area contributed by atoms with Crippen molar-refractivity contribution < 1.29 is 0 Å². The normalized spacial score (nSPS) is 12.2. The van der Waals surface area contributed by atoms with E-state index < -0.39 is 0 Å². The predicted molar refractivity (Wildman–Crippen MR) is 60.5 cm³/mol. The fourth-order valence-electron chi connectivity index (χ4n) is 1.44. The van der Waals surface area contributed by atoms with Crippen molar-refractivity contribution >= 4 is 5.87 Å². The van der Waals surface area contributed by atoms with Crippen LogP contribution < -0.4 is 0 Å². The van der Waals surface area contributed by atoms with Gasteiger partial charge in [-0.25, -0.2) is 4.99 Å². The van der Waals surface area contributed by atoms with Gasteiger partial charge in [0, 0.05) is 0 Å². The summed E-state index contributed by atoms with van der Waals surface area (Å²) >= 11 is 0. The molecule has 1 atom stereocenters. The Labute approximate surface area is 83.0 Å². The van der Waals surface area contributed by atoms with Gasteiger partial charge in [0.05, 0.1) is 6.04 Å². The van der Waals surface area contributed by atoms with Crippen molar-refractivity contribution in [3.05, 3.63) is 6.58 Å². The van der Waals surface area contributed by atoms with E-state index in [4.69, 9.17) is 0 Å². The van der Waals surface area contributed by atoms with E-state index in [0.29, 0.717) is 6.04 Å². The van der Waals surface area contributed by atoms with E-state index in [-0.39, 0.29) is 0 Å². The van der Waals surface area contributed by atoms with Crippen LogP contribution in [0.25, 0.3) is 0 Å².